The molecule has 0 saturated heterocycles. The summed E-state index contributed by atoms with van der Waals surface area (Å²) in [4.78, 5) is 0. The molecule has 1 aromatic carbocycles. The number of aliphatic hydroxyl groups is 3. The van der Waals surface area contributed by atoms with Crippen LogP contribution in [0.5, 0.6) is 0 Å². The van der Waals surface area contributed by atoms with Gasteiger partial charge in [0.2, 0.25) is 0 Å². The largest absolute Gasteiger partial charge is 0.393 e. The van der Waals surface area contributed by atoms with Crippen molar-refractivity contribution in [3.63, 3.8) is 0 Å². The predicted octanol–water partition coefficient (Wildman–Crippen LogP) is 0.463. The lowest BCUT2D eigenvalue weighted by Crippen LogP contribution is -2.36. The first-order chi connectivity index (χ1) is 6.08. The van der Waals surface area contributed by atoms with Gasteiger partial charge in [-0.2, -0.15) is 0 Å². The zero-order valence-corrected chi connectivity index (χ0v) is 7.51. The van der Waals surface area contributed by atoms with Crippen LogP contribution >= 0.6 is 0 Å². The van der Waals surface area contributed by atoms with Crippen LogP contribution in [0.15, 0.2) is 30.3 Å². The van der Waals surface area contributed by atoms with Gasteiger partial charge in [0.05, 0.1) is 6.61 Å². The Bertz CT molecular complexity index is 256. The first-order valence-electron chi connectivity index (χ1n) is 4.14. The molecule has 0 aliphatic carbocycles. The summed E-state index contributed by atoms with van der Waals surface area (Å²) >= 11 is 0. The average Bonchev–Trinajstić information content (AvgIpc) is 2.18. The van der Waals surface area contributed by atoms with Gasteiger partial charge >= 0.3 is 0 Å². The molecule has 0 aromatic heterocycles. The Hall–Kier alpha value is -0.900. The Morgan fingerprint density at radius 3 is 2.31 bits per heavy atom. The number of hydrogen-bond donors (Lipinski definition) is 3. The predicted molar refractivity (Wildman–Crippen MR) is 49.1 cm³/mol. The van der Waals surface area contributed by atoms with E-state index in [-0.39, 0.29) is 0 Å². The zero-order chi connectivity index (χ0) is 9.90. The van der Waals surface area contributed by atoms with E-state index < -0.39 is 18.3 Å². The third-order valence-electron chi connectivity index (χ3n) is 2.02. The van der Waals surface area contributed by atoms with Gasteiger partial charge in [-0.25, -0.2) is 0 Å². The summed E-state index contributed by atoms with van der Waals surface area (Å²) < 4.78 is 0. The van der Waals surface area contributed by atoms with Gasteiger partial charge in [0.15, 0.2) is 0 Å². The number of aliphatic hydroxyl groups excluding tert-OH is 2. The van der Waals surface area contributed by atoms with Crippen molar-refractivity contribution in [3.8, 4) is 0 Å². The van der Waals surface area contributed by atoms with Crippen molar-refractivity contribution in [1.82, 2.24) is 0 Å². The quantitative estimate of drug-likeness (QED) is 0.636. The molecule has 3 N–H and O–H groups in total. The molecule has 0 fully saturated rings. The van der Waals surface area contributed by atoms with Crippen molar-refractivity contribution in [1.29, 1.82) is 0 Å². The highest BCUT2D eigenvalue weighted by molar-refractivity contribution is 5.19. The highest BCUT2D eigenvalue weighted by atomic mass is 16.4. The maximum atomic E-state index is 9.64. The van der Waals surface area contributed by atoms with Crippen molar-refractivity contribution < 1.29 is 15.3 Å². The Morgan fingerprint density at radius 1 is 1.31 bits per heavy atom. The molecule has 72 valence electrons. The van der Waals surface area contributed by atoms with E-state index in [0.717, 1.165) is 0 Å². The zero-order valence-electron chi connectivity index (χ0n) is 7.51. The molecule has 13 heavy (non-hydrogen) atoms. The summed E-state index contributed by atoms with van der Waals surface area (Å²) in [5.41, 5.74) is -0.886. The van der Waals surface area contributed by atoms with Crippen molar-refractivity contribution >= 4 is 0 Å². The van der Waals surface area contributed by atoms with Crippen LogP contribution in [0.1, 0.15) is 18.6 Å². The van der Waals surface area contributed by atoms with Crippen LogP contribution in [-0.2, 0) is 0 Å². The van der Waals surface area contributed by atoms with E-state index >= 15 is 0 Å². The van der Waals surface area contributed by atoms with E-state index in [0.29, 0.717) is 5.56 Å². The maximum absolute atomic E-state index is 9.64. The van der Waals surface area contributed by atoms with E-state index in [1.165, 1.54) is 6.92 Å². The van der Waals surface area contributed by atoms with E-state index in [1.54, 1.807) is 24.3 Å². The van der Waals surface area contributed by atoms with Gasteiger partial charge in [0, 0.05) is 0 Å². The van der Waals surface area contributed by atoms with Crippen LogP contribution in [0.3, 0.4) is 0 Å². The maximum Gasteiger partial charge on any atom is 0.115 e. The van der Waals surface area contributed by atoms with Gasteiger partial charge in [-0.05, 0) is 12.5 Å². The fraction of sp³-hybridized carbons (Fsp3) is 0.400. The van der Waals surface area contributed by atoms with Crippen molar-refractivity contribution in [3.05, 3.63) is 35.9 Å². The van der Waals surface area contributed by atoms with Crippen molar-refractivity contribution in [2.45, 2.75) is 18.6 Å². The second kappa shape index (κ2) is 3.87. The van der Waals surface area contributed by atoms with Gasteiger partial charge in [-0.15, -0.1) is 0 Å². The van der Waals surface area contributed by atoms with Crippen molar-refractivity contribution in [2.75, 3.05) is 6.61 Å². The Labute approximate surface area is 77.3 Å². The van der Waals surface area contributed by atoms with Gasteiger partial charge in [-0.3, -0.25) is 0 Å². The summed E-state index contributed by atoms with van der Waals surface area (Å²) in [7, 11) is 0. The lowest BCUT2D eigenvalue weighted by atomic mass is 9.94. The van der Waals surface area contributed by atoms with Crippen LogP contribution in [0.4, 0.5) is 0 Å². The molecule has 2 atom stereocenters. The molecule has 1 aromatic rings. The molecule has 0 aliphatic heterocycles. The first-order valence-corrected chi connectivity index (χ1v) is 4.14. The lowest BCUT2D eigenvalue weighted by Gasteiger charge is -2.26. The minimum atomic E-state index is -1.48. The van der Waals surface area contributed by atoms with E-state index in [1.807, 2.05) is 6.07 Å². The molecule has 3 heteroatoms. The third-order valence-corrected chi connectivity index (χ3v) is 2.02. The molecular formula is C10H14O3. The Morgan fingerprint density at radius 2 is 1.85 bits per heavy atom. The molecule has 0 amide bonds. The summed E-state index contributed by atoms with van der Waals surface area (Å²) in [5, 5.41) is 28.0. The average molecular weight is 182 g/mol. The minimum Gasteiger partial charge on any atom is -0.393 e. The summed E-state index contributed by atoms with van der Waals surface area (Å²) in [6.45, 7) is 0.924. The lowest BCUT2D eigenvalue weighted by molar-refractivity contribution is -0.0941. The second-order valence-corrected chi connectivity index (χ2v) is 3.33. The summed E-state index contributed by atoms with van der Waals surface area (Å²) in [5.74, 6) is 0. The van der Waals surface area contributed by atoms with Gasteiger partial charge in [0.1, 0.15) is 11.7 Å². The van der Waals surface area contributed by atoms with Crippen LogP contribution in [-0.4, -0.2) is 27.5 Å². The molecule has 0 radical (unpaired) electrons. The number of rotatable bonds is 3. The topological polar surface area (TPSA) is 60.7 Å². The molecule has 0 aliphatic rings. The highest BCUT2D eigenvalue weighted by Gasteiger charge is 2.30. The molecule has 0 unspecified atom stereocenters. The van der Waals surface area contributed by atoms with Crippen LogP contribution < -0.4 is 0 Å². The Kier molecular flexibility index (Phi) is 3.03. The monoisotopic (exact) mass is 182 g/mol. The molecule has 0 bridgehead atoms. The number of benzene rings is 1. The SMILES string of the molecule is C[C@@](O)(CO)[C@@H](O)c1ccccc1. The molecular weight excluding hydrogens is 168 g/mol. The van der Waals surface area contributed by atoms with Gasteiger partial charge < -0.3 is 15.3 Å². The standard InChI is InChI=1S/C10H14O3/c1-10(13,7-11)9(12)8-5-3-2-4-6-8/h2-6,9,11-13H,7H2,1H3/t9-,10+/m0/s1. The second-order valence-electron chi connectivity index (χ2n) is 3.33. The Balaban J connectivity index is 2.85. The van der Waals surface area contributed by atoms with Crippen molar-refractivity contribution in [2.24, 2.45) is 0 Å². The smallest absolute Gasteiger partial charge is 0.115 e. The molecule has 0 heterocycles. The van der Waals surface area contributed by atoms with Crippen LogP contribution in [0.2, 0.25) is 0 Å². The minimum absolute atomic E-state index is 0.469. The summed E-state index contributed by atoms with van der Waals surface area (Å²) in [6, 6.07) is 8.77. The fourth-order valence-electron chi connectivity index (χ4n) is 1.08. The third kappa shape index (κ3) is 2.28. The first kappa shape index (κ1) is 10.2. The van der Waals surface area contributed by atoms with E-state index in [4.69, 9.17) is 5.11 Å². The van der Waals surface area contributed by atoms with E-state index in [2.05, 4.69) is 0 Å². The number of hydrogen-bond acceptors (Lipinski definition) is 3. The molecule has 3 nitrogen and oxygen atoms in total. The van der Waals surface area contributed by atoms with Crippen LogP contribution in [0, 0.1) is 0 Å². The molecule has 0 spiro atoms. The molecule has 1 rings (SSSR count). The normalized spacial score (nSPS) is 17.8. The molecule has 0 saturated carbocycles. The van der Waals surface area contributed by atoms with Gasteiger partial charge in [0.25, 0.3) is 0 Å². The fourth-order valence-corrected chi connectivity index (χ4v) is 1.08. The van der Waals surface area contributed by atoms with E-state index in [9.17, 15) is 10.2 Å². The van der Waals surface area contributed by atoms with Gasteiger partial charge in [-0.1, -0.05) is 30.3 Å². The highest BCUT2D eigenvalue weighted by Crippen LogP contribution is 2.24. The van der Waals surface area contributed by atoms with Crippen LogP contribution in [0.25, 0.3) is 0 Å². The summed E-state index contributed by atoms with van der Waals surface area (Å²) in [6.07, 6.45) is -1.06.